The Morgan fingerprint density at radius 2 is 1.75 bits per heavy atom. The summed E-state index contributed by atoms with van der Waals surface area (Å²) in [5.41, 5.74) is 0. The van der Waals surface area contributed by atoms with Crippen molar-refractivity contribution in [1.29, 1.82) is 0 Å². The fourth-order valence-corrected chi connectivity index (χ4v) is 2.09. The van der Waals surface area contributed by atoms with E-state index < -0.39 is 0 Å². The first-order chi connectivity index (χ1) is 7.76. The lowest BCUT2D eigenvalue weighted by molar-refractivity contribution is 0.171. The Kier molecular flexibility index (Phi) is 11.3. The number of aliphatic hydroxyl groups excluding tert-OH is 1. The summed E-state index contributed by atoms with van der Waals surface area (Å²) < 4.78 is 0. The van der Waals surface area contributed by atoms with Crippen LogP contribution in [0.25, 0.3) is 0 Å². The highest BCUT2D eigenvalue weighted by molar-refractivity contribution is 4.69. The molecule has 0 saturated carbocycles. The number of rotatable bonds is 11. The van der Waals surface area contributed by atoms with Gasteiger partial charge in [-0.2, -0.15) is 0 Å². The normalized spacial score (nSPS) is 13.3. The Morgan fingerprint density at radius 1 is 1.12 bits per heavy atom. The molecule has 0 bridgehead atoms. The molecule has 0 aromatic heterocycles. The van der Waals surface area contributed by atoms with Crippen molar-refractivity contribution in [1.82, 2.24) is 4.90 Å². The summed E-state index contributed by atoms with van der Waals surface area (Å²) in [6.07, 6.45) is 10.3. The van der Waals surface area contributed by atoms with Crippen LogP contribution in [0.15, 0.2) is 0 Å². The average Bonchev–Trinajstić information content (AvgIpc) is 2.28. The molecule has 1 N–H and O–H groups in total. The second-order valence-electron chi connectivity index (χ2n) is 4.70. The van der Waals surface area contributed by atoms with Crippen LogP contribution in [0.1, 0.15) is 58.3 Å². The maximum absolute atomic E-state index is 8.89. The summed E-state index contributed by atoms with van der Waals surface area (Å²) in [6.45, 7) is 7.27. The van der Waals surface area contributed by atoms with E-state index in [0.29, 0.717) is 6.04 Å². The van der Waals surface area contributed by atoms with E-state index in [-0.39, 0.29) is 6.61 Å². The van der Waals surface area contributed by atoms with E-state index >= 15 is 0 Å². The Hall–Kier alpha value is -0.0800. The van der Waals surface area contributed by atoms with E-state index in [1.54, 1.807) is 0 Å². The van der Waals surface area contributed by atoms with Crippen molar-refractivity contribution in [3.63, 3.8) is 0 Å². The van der Waals surface area contributed by atoms with Crippen molar-refractivity contribution < 1.29 is 5.11 Å². The van der Waals surface area contributed by atoms with Gasteiger partial charge in [-0.3, -0.25) is 0 Å². The van der Waals surface area contributed by atoms with Crippen molar-refractivity contribution in [2.24, 2.45) is 0 Å². The molecular weight excluding hydrogens is 198 g/mol. The van der Waals surface area contributed by atoms with E-state index in [1.807, 2.05) is 0 Å². The zero-order valence-corrected chi connectivity index (χ0v) is 11.2. The molecule has 0 aromatic rings. The predicted molar refractivity (Wildman–Crippen MR) is 71.5 cm³/mol. The van der Waals surface area contributed by atoms with Gasteiger partial charge in [0.1, 0.15) is 0 Å². The molecule has 1 unspecified atom stereocenters. The van der Waals surface area contributed by atoms with Gasteiger partial charge in [0.2, 0.25) is 0 Å². The van der Waals surface area contributed by atoms with Gasteiger partial charge in [-0.25, -0.2) is 0 Å². The molecule has 0 aliphatic carbocycles. The van der Waals surface area contributed by atoms with Crippen molar-refractivity contribution in [3.8, 4) is 0 Å². The van der Waals surface area contributed by atoms with Crippen LogP contribution >= 0.6 is 0 Å². The van der Waals surface area contributed by atoms with Gasteiger partial charge >= 0.3 is 0 Å². The minimum absolute atomic E-state index is 0.253. The van der Waals surface area contributed by atoms with E-state index in [9.17, 15) is 0 Å². The van der Waals surface area contributed by atoms with Gasteiger partial charge in [0, 0.05) is 12.6 Å². The summed E-state index contributed by atoms with van der Waals surface area (Å²) in [4.78, 5) is 2.24. The number of likely N-dealkylation sites (N-methyl/N-ethyl adjacent to an activating group) is 1. The first-order valence-corrected chi connectivity index (χ1v) is 6.86. The molecule has 97 valence electrons. The zero-order chi connectivity index (χ0) is 12.2. The highest BCUT2D eigenvalue weighted by atomic mass is 16.3. The second kappa shape index (κ2) is 11.4. The topological polar surface area (TPSA) is 23.5 Å². The van der Waals surface area contributed by atoms with Crippen LogP contribution in [0.2, 0.25) is 0 Å². The standard InChI is InChI=1S/C14H30NO/c1-4-6-7-8-9-10-11-14(5-2)15(3)12-13-16/h14,16H,2,4-13H2,1,3H3. The number of nitrogens with zero attached hydrogens (tertiary/aromatic N) is 1. The van der Waals surface area contributed by atoms with Gasteiger partial charge < -0.3 is 10.0 Å². The van der Waals surface area contributed by atoms with Crippen LogP contribution in [-0.2, 0) is 0 Å². The molecule has 0 aliphatic heterocycles. The monoisotopic (exact) mass is 228 g/mol. The SMILES string of the molecule is [CH2]CC(CCCCCCCC)N(C)CCO. The van der Waals surface area contributed by atoms with Crippen LogP contribution in [0, 0.1) is 6.92 Å². The highest BCUT2D eigenvalue weighted by Crippen LogP contribution is 2.13. The molecule has 16 heavy (non-hydrogen) atoms. The van der Waals surface area contributed by atoms with E-state index in [2.05, 4.69) is 25.8 Å². The lowest BCUT2D eigenvalue weighted by atomic mass is 10.0. The van der Waals surface area contributed by atoms with Gasteiger partial charge in [-0.1, -0.05) is 52.4 Å². The van der Waals surface area contributed by atoms with E-state index in [0.717, 1.165) is 13.0 Å². The molecule has 2 heteroatoms. The minimum atomic E-state index is 0.253. The van der Waals surface area contributed by atoms with Gasteiger partial charge in [-0.05, 0) is 19.9 Å². The van der Waals surface area contributed by atoms with Crippen LogP contribution in [-0.4, -0.2) is 36.2 Å². The molecule has 0 amide bonds. The fourth-order valence-electron chi connectivity index (χ4n) is 2.09. The van der Waals surface area contributed by atoms with E-state index in [1.165, 1.54) is 44.9 Å². The Morgan fingerprint density at radius 3 is 2.31 bits per heavy atom. The number of aliphatic hydroxyl groups is 1. The third-order valence-electron chi connectivity index (χ3n) is 3.30. The van der Waals surface area contributed by atoms with Crippen LogP contribution in [0.3, 0.4) is 0 Å². The highest BCUT2D eigenvalue weighted by Gasteiger charge is 2.11. The number of hydrogen-bond acceptors (Lipinski definition) is 2. The summed E-state index contributed by atoms with van der Waals surface area (Å²) in [6, 6.07) is 0.554. The van der Waals surface area contributed by atoms with Gasteiger partial charge in [-0.15, -0.1) is 0 Å². The van der Waals surface area contributed by atoms with Crippen LogP contribution in [0.4, 0.5) is 0 Å². The number of unbranched alkanes of at least 4 members (excludes halogenated alkanes) is 5. The third kappa shape index (κ3) is 8.12. The molecule has 0 aromatic carbocycles. The Bertz CT molecular complexity index is 139. The molecule has 1 atom stereocenters. The van der Waals surface area contributed by atoms with Crippen molar-refractivity contribution in [2.45, 2.75) is 64.3 Å². The lowest BCUT2D eigenvalue weighted by Gasteiger charge is -2.26. The van der Waals surface area contributed by atoms with Gasteiger partial charge in [0.05, 0.1) is 6.61 Å². The van der Waals surface area contributed by atoms with Crippen molar-refractivity contribution in [3.05, 3.63) is 6.92 Å². The first-order valence-electron chi connectivity index (χ1n) is 6.86. The van der Waals surface area contributed by atoms with Crippen LogP contribution in [0.5, 0.6) is 0 Å². The van der Waals surface area contributed by atoms with Crippen molar-refractivity contribution in [2.75, 3.05) is 20.2 Å². The molecule has 0 fully saturated rings. The predicted octanol–water partition coefficient (Wildman–Crippen LogP) is 3.25. The molecular formula is C14H30NO. The quantitative estimate of drug-likeness (QED) is 0.549. The summed E-state index contributed by atoms with van der Waals surface area (Å²) in [5.74, 6) is 0. The summed E-state index contributed by atoms with van der Waals surface area (Å²) >= 11 is 0. The molecule has 0 aliphatic rings. The summed E-state index contributed by atoms with van der Waals surface area (Å²) in [7, 11) is 2.09. The average molecular weight is 228 g/mol. The Labute approximate surface area is 102 Å². The molecule has 0 spiro atoms. The van der Waals surface area contributed by atoms with Crippen LogP contribution < -0.4 is 0 Å². The molecule has 2 nitrogen and oxygen atoms in total. The molecule has 0 heterocycles. The van der Waals surface area contributed by atoms with E-state index in [4.69, 9.17) is 5.11 Å². The second-order valence-corrected chi connectivity index (χ2v) is 4.70. The zero-order valence-electron chi connectivity index (χ0n) is 11.2. The maximum Gasteiger partial charge on any atom is 0.0558 e. The first kappa shape index (κ1) is 15.9. The minimum Gasteiger partial charge on any atom is -0.395 e. The molecule has 1 radical (unpaired) electrons. The lowest BCUT2D eigenvalue weighted by Crippen LogP contribution is -2.33. The Balaban J connectivity index is 3.47. The number of hydrogen-bond donors (Lipinski definition) is 1. The maximum atomic E-state index is 8.89. The third-order valence-corrected chi connectivity index (χ3v) is 3.30. The molecule has 0 rings (SSSR count). The molecule has 0 saturated heterocycles. The smallest absolute Gasteiger partial charge is 0.0558 e. The summed E-state index contributed by atoms with van der Waals surface area (Å²) in [5, 5.41) is 8.89. The van der Waals surface area contributed by atoms with Gasteiger partial charge in [0.25, 0.3) is 0 Å². The fraction of sp³-hybridized carbons (Fsp3) is 0.929. The largest absolute Gasteiger partial charge is 0.395 e. The van der Waals surface area contributed by atoms with Crippen molar-refractivity contribution >= 4 is 0 Å². The van der Waals surface area contributed by atoms with Gasteiger partial charge in [0.15, 0.2) is 0 Å².